The Hall–Kier alpha value is -3.68. The van der Waals surface area contributed by atoms with Crippen LogP contribution in [0.25, 0.3) is 11.1 Å². The molecule has 0 saturated carbocycles. The molecule has 1 saturated heterocycles. The molecule has 0 unspecified atom stereocenters. The van der Waals surface area contributed by atoms with Crippen molar-refractivity contribution in [2.24, 2.45) is 5.41 Å². The molecule has 0 bridgehead atoms. The van der Waals surface area contributed by atoms with Crippen molar-refractivity contribution < 1.29 is 24.3 Å². The fourth-order valence-corrected chi connectivity index (χ4v) is 4.48. The molecule has 2 aliphatic heterocycles. The Labute approximate surface area is 192 Å². The Bertz CT molecular complexity index is 1110. The molecule has 4 rings (SSSR count). The largest absolute Gasteiger partial charge is 0.481 e. The van der Waals surface area contributed by atoms with E-state index >= 15 is 0 Å². The highest BCUT2D eigenvalue weighted by atomic mass is 16.4. The number of aliphatic carboxylic acids is 1. The molecule has 8 nitrogen and oxygen atoms in total. The van der Waals surface area contributed by atoms with Crippen molar-refractivity contribution in [1.29, 1.82) is 0 Å². The van der Waals surface area contributed by atoms with Crippen molar-refractivity contribution in [3.05, 3.63) is 54.1 Å². The van der Waals surface area contributed by atoms with Crippen LogP contribution < -0.4 is 5.32 Å². The molecule has 33 heavy (non-hydrogen) atoms. The number of hydrogen-bond donors (Lipinski definition) is 2. The van der Waals surface area contributed by atoms with Gasteiger partial charge in [-0.2, -0.15) is 0 Å². The van der Waals surface area contributed by atoms with Gasteiger partial charge in [-0.05, 0) is 28.7 Å². The number of carboxylic acids is 1. The van der Waals surface area contributed by atoms with Gasteiger partial charge in [0, 0.05) is 19.5 Å². The second-order valence-electron chi connectivity index (χ2n) is 9.38. The van der Waals surface area contributed by atoms with Gasteiger partial charge in [0.2, 0.25) is 11.8 Å². The van der Waals surface area contributed by atoms with Crippen LogP contribution in [0.1, 0.15) is 37.0 Å². The normalized spacial score (nSPS) is 18.2. The Morgan fingerprint density at radius 1 is 1.03 bits per heavy atom. The second kappa shape index (κ2) is 8.69. The summed E-state index contributed by atoms with van der Waals surface area (Å²) in [5.74, 6) is -1.76. The summed E-state index contributed by atoms with van der Waals surface area (Å²) in [5, 5.41) is 11.9. The molecule has 1 fully saturated rings. The molecule has 2 N–H and O–H groups in total. The monoisotopic (exact) mass is 449 g/mol. The molecular weight excluding hydrogens is 422 g/mol. The molecule has 2 heterocycles. The molecule has 0 radical (unpaired) electrons. The number of rotatable bonds is 5. The van der Waals surface area contributed by atoms with Gasteiger partial charge in [0.25, 0.3) is 5.91 Å². The minimum Gasteiger partial charge on any atom is -0.481 e. The highest BCUT2D eigenvalue weighted by Gasteiger charge is 2.41. The van der Waals surface area contributed by atoms with Gasteiger partial charge in [-0.1, -0.05) is 50.2 Å². The predicted molar refractivity (Wildman–Crippen MR) is 123 cm³/mol. The Kier molecular flexibility index (Phi) is 5.93. The second-order valence-corrected chi connectivity index (χ2v) is 9.38. The summed E-state index contributed by atoms with van der Waals surface area (Å²) in [6, 6.07) is 14.3. The zero-order chi connectivity index (χ0) is 23.8. The molecular formula is C25H27N3O5. The van der Waals surface area contributed by atoms with E-state index in [9.17, 15) is 19.2 Å². The Morgan fingerprint density at radius 3 is 2.45 bits per heavy atom. The molecule has 1 atom stereocenters. The highest BCUT2D eigenvalue weighted by molar-refractivity contribution is 6.10. The lowest BCUT2D eigenvalue weighted by Crippen LogP contribution is -2.59. The van der Waals surface area contributed by atoms with Crippen molar-refractivity contribution in [3.63, 3.8) is 0 Å². The minimum absolute atomic E-state index is 0.0578. The number of nitrogens with zero attached hydrogens (tertiary/aromatic N) is 2. The van der Waals surface area contributed by atoms with Crippen LogP contribution >= 0.6 is 0 Å². The Balaban J connectivity index is 1.54. The van der Waals surface area contributed by atoms with Crippen LogP contribution in [0.5, 0.6) is 0 Å². The van der Waals surface area contributed by atoms with E-state index in [-0.39, 0.29) is 43.7 Å². The zero-order valence-corrected chi connectivity index (χ0v) is 18.7. The molecule has 2 aromatic rings. The number of amides is 3. The number of carboxylic acid groups (broad SMARTS) is 1. The van der Waals surface area contributed by atoms with Crippen molar-refractivity contribution in [3.8, 4) is 11.1 Å². The van der Waals surface area contributed by atoms with Crippen LogP contribution in [-0.2, 0) is 14.4 Å². The Morgan fingerprint density at radius 2 is 1.76 bits per heavy atom. The molecule has 0 aliphatic carbocycles. The maximum absolute atomic E-state index is 13.4. The van der Waals surface area contributed by atoms with Crippen molar-refractivity contribution >= 4 is 29.4 Å². The van der Waals surface area contributed by atoms with E-state index in [1.165, 1.54) is 4.90 Å². The maximum atomic E-state index is 13.4. The van der Waals surface area contributed by atoms with Gasteiger partial charge in [0.05, 0.1) is 24.2 Å². The summed E-state index contributed by atoms with van der Waals surface area (Å²) in [6.45, 7) is 4.08. The fourth-order valence-electron chi connectivity index (χ4n) is 4.48. The number of hydrogen-bond acceptors (Lipinski definition) is 4. The lowest BCUT2D eigenvalue weighted by atomic mass is 9.85. The van der Waals surface area contributed by atoms with E-state index < -0.39 is 17.4 Å². The van der Waals surface area contributed by atoms with E-state index in [0.29, 0.717) is 17.8 Å². The number of carbonyl (C=O) groups excluding carboxylic acids is 3. The summed E-state index contributed by atoms with van der Waals surface area (Å²) in [4.78, 5) is 53.4. The number of piperazine rings is 1. The molecule has 3 amide bonds. The molecule has 0 aromatic heterocycles. The summed E-state index contributed by atoms with van der Waals surface area (Å²) < 4.78 is 0. The number of anilines is 1. The van der Waals surface area contributed by atoms with Crippen LogP contribution in [0.4, 0.5) is 5.69 Å². The van der Waals surface area contributed by atoms with Crippen LogP contribution in [0.3, 0.4) is 0 Å². The van der Waals surface area contributed by atoms with Gasteiger partial charge in [-0.3, -0.25) is 19.2 Å². The molecule has 0 spiro atoms. The van der Waals surface area contributed by atoms with Gasteiger partial charge in [-0.25, -0.2) is 0 Å². The van der Waals surface area contributed by atoms with Gasteiger partial charge in [-0.15, -0.1) is 0 Å². The summed E-state index contributed by atoms with van der Waals surface area (Å²) in [7, 11) is 0. The van der Waals surface area contributed by atoms with Crippen LogP contribution in [-0.4, -0.2) is 64.3 Å². The first-order valence-electron chi connectivity index (χ1n) is 11.0. The SMILES string of the molecule is CC(C)(CC(=O)O)CC(=O)N1CCN2C(=O)c3cc(-c4ccccc4)ccc3NC(=O)[C@@H]2C1. The summed E-state index contributed by atoms with van der Waals surface area (Å²) in [6.07, 6.45) is -0.0671. The third-order valence-corrected chi connectivity index (χ3v) is 6.17. The fraction of sp³-hybridized carbons (Fsp3) is 0.360. The molecule has 172 valence electrons. The zero-order valence-electron chi connectivity index (χ0n) is 18.7. The van der Waals surface area contributed by atoms with Gasteiger partial charge < -0.3 is 20.2 Å². The third kappa shape index (κ3) is 4.74. The smallest absolute Gasteiger partial charge is 0.303 e. The van der Waals surface area contributed by atoms with E-state index in [2.05, 4.69) is 5.32 Å². The number of carbonyl (C=O) groups is 4. The van der Waals surface area contributed by atoms with Crippen molar-refractivity contribution in [2.45, 2.75) is 32.7 Å². The first-order chi connectivity index (χ1) is 15.6. The molecule has 2 aromatic carbocycles. The van der Waals surface area contributed by atoms with Gasteiger partial charge >= 0.3 is 5.97 Å². The van der Waals surface area contributed by atoms with Gasteiger partial charge in [0.1, 0.15) is 6.04 Å². The average Bonchev–Trinajstić information content (AvgIpc) is 2.87. The average molecular weight is 450 g/mol. The van der Waals surface area contributed by atoms with Crippen molar-refractivity contribution in [1.82, 2.24) is 9.80 Å². The summed E-state index contributed by atoms with van der Waals surface area (Å²) >= 11 is 0. The number of nitrogens with one attached hydrogen (secondary N) is 1. The highest BCUT2D eigenvalue weighted by Crippen LogP contribution is 2.31. The molecule has 8 heteroatoms. The molecule has 2 aliphatic rings. The topological polar surface area (TPSA) is 107 Å². The number of fused-ring (bicyclic) bond motifs is 2. The van der Waals surface area contributed by atoms with Crippen molar-refractivity contribution in [2.75, 3.05) is 25.0 Å². The maximum Gasteiger partial charge on any atom is 0.303 e. The quantitative estimate of drug-likeness (QED) is 0.730. The third-order valence-electron chi connectivity index (χ3n) is 6.17. The number of benzene rings is 2. The van der Waals surface area contributed by atoms with Crippen LogP contribution in [0.15, 0.2) is 48.5 Å². The standard InChI is InChI=1S/C25H27N3O5/c1-25(2,14-22(30)31)13-21(29)27-10-11-28-20(15-27)23(32)26-19-9-8-17(12-18(19)24(28)33)16-6-4-3-5-7-16/h3-9,12,20H,10-11,13-15H2,1-2H3,(H,26,32)(H,30,31)/t20-/m0/s1. The lowest BCUT2D eigenvalue weighted by Gasteiger charge is -2.40. The summed E-state index contributed by atoms with van der Waals surface area (Å²) in [5.41, 5.74) is 2.03. The minimum atomic E-state index is -0.959. The van der Waals surface area contributed by atoms with Crippen LogP contribution in [0, 0.1) is 5.41 Å². The van der Waals surface area contributed by atoms with Crippen LogP contribution in [0.2, 0.25) is 0 Å². The lowest BCUT2D eigenvalue weighted by molar-refractivity contribution is -0.141. The van der Waals surface area contributed by atoms with E-state index in [1.54, 1.807) is 30.9 Å². The first-order valence-corrected chi connectivity index (χ1v) is 11.0. The predicted octanol–water partition coefficient (Wildman–Crippen LogP) is 2.85. The van der Waals surface area contributed by atoms with E-state index in [4.69, 9.17) is 5.11 Å². The first kappa shape index (κ1) is 22.5. The van der Waals surface area contributed by atoms with E-state index in [1.807, 2.05) is 36.4 Å². The van der Waals surface area contributed by atoms with E-state index in [0.717, 1.165) is 11.1 Å². The van der Waals surface area contributed by atoms with Gasteiger partial charge in [0.15, 0.2) is 0 Å².